The van der Waals surface area contributed by atoms with Gasteiger partial charge < -0.3 is 4.74 Å². The van der Waals surface area contributed by atoms with E-state index in [1.807, 2.05) is 18.7 Å². The van der Waals surface area contributed by atoms with Crippen LogP contribution in [-0.4, -0.2) is 18.3 Å². The summed E-state index contributed by atoms with van der Waals surface area (Å²) in [6, 6.07) is 0. The predicted octanol–water partition coefficient (Wildman–Crippen LogP) is 5.02. The molecule has 0 saturated heterocycles. The lowest BCUT2D eigenvalue weighted by Crippen LogP contribution is -2.21. The zero-order chi connectivity index (χ0) is 15.1. The van der Waals surface area contributed by atoms with Crippen LogP contribution in [0.5, 0.6) is 0 Å². The first-order valence-electron chi connectivity index (χ1n) is 8.16. The molecule has 0 aromatic carbocycles. The summed E-state index contributed by atoms with van der Waals surface area (Å²) in [6.07, 6.45) is 11.6. The third-order valence-corrected chi connectivity index (χ3v) is 4.96. The Labute approximate surface area is 132 Å². The zero-order valence-corrected chi connectivity index (χ0v) is 14.0. The van der Waals surface area contributed by atoms with Crippen molar-refractivity contribution in [2.45, 2.75) is 52.4 Å². The molecule has 116 valence electrons. The van der Waals surface area contributed by atoms with Gasteiger partial charge in [0.05, 0.1) is 6.61 Å². The average Bonchev–Trinajstić information content (AvgIpc) is 2.51. The first-order valence-corrected chi connectivity index (χ1v) is 9.21. The quantitative estimate of drug-likeness (QED) is 0.509. The molecule has 0 spiro atoms. The van der Waals surface area contributed by atoms with Gasteiger partial charge in [-0.3, -0.25) is 4.79 Å². The van der Waals surface area contributed by atoms with Crippen molar-refractivity contribution < 1.29 is 9.53 Å². The molecule has 3 heteroatoms. The van der Waals surface area contributed by atoms with E-state index in [2.05, 4.69) is 24.5 Å². The Hall–Kier alpha value is -0.960. The van der Waals surface area contributed by atoms with Crippen molar-refractivity contribution in [1.29, 1.82) is 0 Å². The Kier molecular flexibility index (Phi) is 6.62. The summed E-state index contributed by atoms with van der Waals surface area (Å²) in [7, 11) is 0. The molecule has 1 fully saturated rings. The van der Waals surface area contributed by atoms with Gasteiger partial charge in [-0.25, -0.2) is 0 Å². The molecule has 0 bridgehead atoms. The molecule has 0 amide bonds. The second-order valence-corrected chi connectivity index (χ2v) is 6.62. The molecule has 1 atom stereocenters. The van der Waals surface area contributed by atoms with Crippen molar-refractivity contribution in [2.24, 2.45) is 5.92 Å². The van der Waals surface area contributed by atoms with Crippen molar-refractivity contribution in [3.8, 4) is 0 Å². The van der Waals surface area contributed by atoms with Crippen LogP contribution in [0.1, 0.15) is 52.4 Å². The number of thioether (sulfide) groups is 1. The van der Waals surface area contributed by atoms with Crippen molar-refractivity contribution in [3.05, 3.63) is 34.3 Å². The van der Waals surface area contributed by atoms with Gasteiger partial charge in [0.25, 0.3) is 0 Å². The highest BCUT2D eigenvalue weighted by Crippen LogP contribution is 2.37. The number of hydrogen-bond donors (Lipinski definition) is 0. The van der Waals surface area contributed by atoms with Crippen LogP contribution in [0.3, 0.4) is 0 Å². The molecule has 2 nitrogen and oxygen atoms in total. The molecular weight excluding hydrogens is 280 g/mol. The molecule has 2 aliphatic rings. The van der Waals surface area contributed by atoms with Crippen molar-refractivity contribution in [3.63, 3.8) is 0 Å². The first-order chi connectivity index (χ1) is 10.3. The number of esters is 1. The molecular formula is C18H26O2S. The number of fused-ring (bicyclic) bond motifs is 1. The van der Waals surface area contributed by atoms with Crippen LogP contribution in [0.2, 0.25) is 0 Å². The van der Waals surface area contributed by atoms with Gasteiger partial charge in [0.15, 0.2) is 0 Å². The molecule has 0 aromatic heterocycles. The molecule has 0 radical (unpaired) electrons. The summed E-state index contributed by atoms with van der Waals surface area (Å²) in [4.78, 5) is 12.2. The van der Waals surface area contributed by atoms with Crippen molar-refractivity contribution in [1.82, 2.24) is 0 Å². The van der Waals surface area contributed by atoms with Crippen molar-refractivity contribution in [2.75, 3.05) is 12.4 Å². The lowest BCUT2D eigenvalue weighted by molar-refractivity contribution is -0.145. The van der Waals surface area contributed by atoms with E-state index in [1.54, 1.807) is 0 Å². The number of rotatable bonds is 6. The summed E-state index contributed by atoms with van der Waals surface area (Å²) in [6.45, 7) is 4.52. The van der Waals surface area contributed by atoms with Crippen LogP contribution >= 0.6 is 11.8 Å². The van der Waals surface area contributed by atoms with Gasteiger partial charge >= 0.3 is 5.97 Å². The van der Waals surface area contributed by atoms with E-state index in [-0.39, 0.29) is 11.9 Å². The van der Waals surface area contributed by atoms with Crippen LogP contribution in [0.25, 0.3) is 0 Å². The maximum atomic E-state index is 12.2. The first kappa shape index (κ1) is 16.4. The Morgan fingerprint density at radius 2 is 2.10 bits per heavy atom. The molecule has 1 saturated carbocycles. The summed E-state index contributed by atoms with van der Waals surface area (Å²) >= 11 is 1.82. The van der Waals surface area contributed by atoms with E-state index in [1.165, 1.54) is 36.8 Å². The monoisotopic (exact) mass is 306 g/mol. The van der Waals surface area contributed by atoms with E-state index in [4.69, 9.17) is 4.74 Å². The molecule has 0 aliphatic heterocycles. The summed E-state index contributed by atoms with van der Waals surface area (Å²) in [5.41, 5.74) is 3.93. The van der Waals surface area contributed by atoms with E-state index in [0.29, 0.717) is 6.61 Å². The fourth-order valence-electron chi connectivity index (χ4n) is 2.82. The maximum absolute atomic E-state index is 12.2. The second-order valence-electron chi connectivity index (χ2n) is 5.64. The van der Waals surface area contributed by atoms with Crippen LogP contribution in [0.4, 0.5) is 0 Å². The highest BCUT2D eigenvalue weighted by molar-refractivity contribution is 8.02. The SMILES string of the molecule is CCCCS/C=C1/C=C2CCCCC2=CC1C(=O)OCC. The van der Waals surface area contributed by atoms with Crippen LogP contribution in [0, 0.1) is 5.92 Å². The van der Waals surface area contributed by atoms with Crippen LogP contribution < -0.4 is 0 Å². The van der Waals surface area contributed by atoms with Gasteiger partial charge in [-0.05, 0) is 66.9 Å². The van der Waals surface area contributed by atoms with E-state index in [9.17, 15) is 4.79 Å². The topological polar surface area (TPSA) is 26.3 Å². The van der Waals surface area contributed by atoms with Crippen LogP contribution in [0.15, 0.2) is 34.3 Å². The lowest BCUT2D eigenvalue weighted by atomic mass is 9.80. The minimum Gasteiger partial charge on any atom is -0.465 e. The number of hydrogen-bond acceptors (Lipinski definition) is 3. The summed E-state index contributed by atoms with van der Waals surface area (Å²) in [5, 5.41) is 2.17. The predicted molar refractivity (Wildman–Crippen MR) is 90.2 cm³/mol. The Balaban J connectivity index is 2.15. The van der Waals surface area contributed by atoms with Crippen molar-refractivity contribution >= 4 is 17.7 Å². The van der Waals surface area contributed by atoms with Gasteiger partial charge in [0, 0.05) is 0 Å². The molecule has 0 heterocycles. The van der Waals surface area contributed by atoms with E-state index in [0.717, 1.165) is 24.2 Å². The number of unbranched alkanes of at least 4 members (excludes halogenated alkanes) is 1. The largest absolute Gasteiger partial charge is 0.465 e. The van der Waals surface area contributed by atoms with Gasteiger partial charge in [0.2, 0.25) is 0 Å². The smallest absolute Gasteiger partial charge is 0.317 e. The summed E-state index contributed by atoms with van der Waals surface area (Å²) in [5.74, 6) is 0.819. The molecule has 1 unspecified atom stereocenters. The second kappa shape index (κ2) is 8.47. The number of ether oxygens (including phenoxy) is 1. The Bertz CT molecular complexity index is 460. The number of allylic oxidation sites excluding steroid dienone is 3. The minimum atomic E-state index is -0.198. The number of carbonyl (C=O) groups is 1. The van der Waals surface area contributed by atoms with Gasteiger partial charge in [-0.15, -0.1) is 11.8 Å². The molecule has 2 rings (SSSR count). The molecule has 0 N–H and O–H groups in total. The van der Waals surface area contributed by atoms with Gasteiger partial charge in [-0.1, -0.05) is 25.5 Å². The fourth-order valence-corrected chi connectivity index (χ4v) is 3.80. The molecule has 2 aliphatic carbocycles. The zero-order valence-electron chi connectivity index (χ0n) is 13.2. The third-order valence-electron chi connectivity index (χ3n) is 4.00. The average molecular weight is 306 g/mol. The van der Waals surface area contributed by atoms with Crippen LogP contribution in [-0.2, 0) is 9.53 Å². The van der Waals surface area contributed by atoms with Gasteiger partial charge in [-0.2, -0.15) is 0 Å². The third kappa shape index (κ3) is 4.50. The van der Waals surface area contributed by atoms with E-state index < -0.39 is 0 Å². The Morgan fingerprint density at radius 3 is 2.81 bits per heavy atom. The highest BCUT2D eigenvalue weighted by atomic mass is 32.2. The molecule has 21 heavy (non-hydrogen) atoms. The molecule has 0 aromatic rings. The highest BCUT2D eigenvalue weighted by Gasteiger charge is 2.27. The Morgan fingerprint density at radius 1 is 1.33 bits per heavy atom. The van der Waals surface area contributed by atoms with Gasteiger partial charge in [0.1, 0.15) is 5.92 Å². The minimum absolute atomic E-state index is 0.104. The summed E-state index contributed by atoms with van der Waals surface area (Å²) < 4.78 is 5.26. The normalized spacial score (nSPS) is 23.3. The lowest BCUT2D eigenvalue weighted by Gasteiger charge is -2.26. The van der Waals surface area contributed by atoms with E-state index >= 15 is 0 Å². The number of carbonyl (C=O) groups excluding carboxylic acids is 1. The standard InChI is InChI=1S/C18H26O2S/c1-3-5-10-21-13-16-11-14-8-6-7-9-15(14)12-17(16)18(19)20-4-2/h11-13,17H,3-10H2,1-2H3/b16-13-. The maximum Gasteiger partial charge on any atom is 0.317 e. The fraction of sp³-hybridized carbons (Fsp3) is 0.611.